The summed E-state index contributed by atoms with van der Waals surface area (Å²) in [6.45, 7) is 6.25. The van der Waals surface area contributed by atoms with Crippen molar-refractivity contribution in [1.29, 1.82) is 0 Å². The highest BCUT2D eigenvalue weighted by atomic mass is 16.2. The van der Waals surface area contributed by atoms with Crippen LogP contribution in [0.2, 0.25) is 0 Å². The molecule has 4 heteroatoms. The van der Waals surface area contributed by atoms with E-state index in [0.29, 0.717) is 12.8 Å². The van der Waals surface area contributed by atoms with Crippen molar-refractivity contribution in [2.45, 2.75) is 26.7 Å². The van der Waals surface area contributed by atoms with Crippen LogP contribution in [0.3, 0.4) is 0 Å². The number of hydrogen-bond acceptors (Lipinski definition) is 3. The molecule has 0 atom stereocenters. The first-order valence-corrected chi connectivity index (χ1v) is 10.9. The number of benzene rings is 3. The molecule has 3 aromatic carbocycles. The number of carbonyl (C=O) groups is 1. The van der Waals surface area contributed by atoms with Crippen molar-refractivity contribution in [3.63, 3.8) is 0 Å². The lowest BCUT2D eigenvalue weighted by Gasteiger charge is -2.20. The fourth-order valence-electron chi connectivity index (χ4n) is 3.68. The summed E-state index contributed by atoms with van der Waals surface area (Å²) in [6, 6.07) is 28.5. The maximum atomic E-state index is 12.9. The fourth-order valence-corrected chi connectivity index (χ4v) is 3.68. The predicted octanol–water partition coefficient (Wildman–Crippen LogP) is 5.08. The number of anilines is 1. The maximum Gasteiger partial charge on any atom is 0.243 e. The molecule has 4 nitrogen and oxygen atoms in total. The van der Waals surface area contributed by atoms with Crippen LogP contribution in [-0.4, -0.2) is 25.2 Å². The highest BCUT2D eigenvalue weighted by Crippen LogP contribution is 2.16. The first-order valence-electron chi connectivity index (χ1n) is 10.9. The minimum atomic E-state index is -0.188. The van der Waals surface area contributed by atoms with Crippen LogP contribution in [0.4, 0.5) is 5.69 Å². The lowest BCUT2D eigenvalue weighted by Crippen LogP contribution is -2.30. The third-order valence-electron chi connectivity index (χ3n) is 5.43. The molecule has 31 heavy (non-hydrogen) atoms. The first-order chi connectivity index (χ1) is 15.2. The summed E-state index contributed by atoms with van der Waals surface area (Å²) in [4.78, 5) is 15.2. The van der Waals surface area contributed by atoms with Crippen LogP contribution < -0.4 is 10.3 Å². The van der Waals surface area contributed by atoms with Gasteiger partial charge in [0.15, 0.2) is 0 Å². The fraction of sp³-hybridized carbons (Fsp3) is 0.259. The Labute approximate surface area is 185 Å². The van der Waals surface area contributed by atoms with Crippen molar-refractivity contribution in [1.82, 2.24) is 5.43 Å². The Balaban J connectivity index is 1.65. The number of hydrogen-bond donors (Lipinski definition) is 1. The molecule has 1 amide bonds. The van der Waals surface area contributed by atoms with Crippen molar-refractivity contribution in [2.24, 2.45) is 11.0 Å². The van der Waals surface area contributed by atoms with Crippen LogP contribution >= 0.6 is 0 Å². The largest absolute Gasteiger partial charge is 0.372 e. The molecule has 0 aliphatic heterocycles. The van der Waals surface area contributed by atoms with E-state index >= 15 is 0 Å². The van der Waals surface area contributed by atoms with E-state index in [1.54, 1.807) is 6.21 Å². The summed E-state index contributed by atoms with van der Waals surface area (Å²) in [7, 11) is 0. The van der Waals surface area contributed by atoms with Gasteiger partial charge >= 0.3 is 0 Å². The van der Waals surface area contributed by atoms with E-state index in [2.05, 4.69) is 65.7 Å². The normalized spacial score (nSPS) is 11.1. The van der Waals surface area contributed by atoms with Crippen molar-refractivity contribution < 1.29 is 4.79 Å². The van der Waals surface area contributed by atoms with Gasteiger partial charge in [-0.15, -0.1) is 0 Å². The maximum absolute atomic E-state index is 12.9. The molecule has 0 aliphatic rings. The quantitative estimate of drug-likeness (QED) is 0.372. The molecule has 3 aromatic rings. The molecule has 0 fully saturated rings. The lowest BCUT2D eigenvalue weighted by atomic mass is 9.92. The molecule has 0 aromatic heterocycles. The zero-order valence-corrected chi connectivity index (χ0v) is 18.4. The zero-order valence-electron chi connectivity index (χ0n) is 18.4. The Morgan fingerprint density at radius 1 is 0.839 bits per heavy atom. The van der Waals surface area contributed by atoms with Gasteiger partial charge in [0.25, 0.3) is 0 Å². The van der Waals surface area contributed by atoms with E-state index in [1.807, 2.05) is 48.5 Å². The van der Waals surface area contributed by atoms with Crippen LogP contribution in [0.5, 0.6) is 0 Å². The van der Waals surface area contributed by atoms with E-state index in [1.165, 1.54) is 5.69 Å². The van der Waals surface area contributed by atoms with Gasteiger partial charge < -0.3 is 4.90 Å². The Bertz CT molecular complexity index is 907. The van der Waals surface area contributed by atoms with E-state index in [4.69, 9.17) is 0 Å². The predicted molar refractivity (Wildman–Crippen MR) is 130 cm³/mol. The van der Waals surface area contributed by atoms with E-state index in [-0.39, 0.29) is 11.8 Å². The summed E-state index contributed by atoms with van der Waals surface area (Å²) < 4.78 is 0. The third kappa shape index (κ3) is 6.82. The van der Waals surface area contributed by atoms with Gasteiger partial charge in [-0.05, 0) is 55.5 Å². The summed E-state index contributed by atoms with van der Waals surface area (Å²) >= 11 is 0. The monoisotopic (exact) mass is 413 g/mol. The molecule has 0 unspecified atom stereocenters. The van der Waals surface area contributed by atoms with Crippen LogP contribution in [-0.2, 0) is 17.6 Å². The van der Waals surface area contributed by atoms with Crippen molar-refractivity contribution in [3.8, 4) is 0 Å². The van der Waals surface area contributed by atoms with E-state index in [0.717, 1.165) is 29.8 Å². The highest BCUT2D eigenvalue weighted by Gasteiger charge is 2.19. The third-order valence-corrected chi connectivity index (χ3v) is 5.43. The van der Waals surface area contributed by atoms with Crippen molar-refractivity contribution >= 4 is 17.8 Å². The molecule has 0 spiro atoms. The molecular weight excluding hydrogens is 382 g/mol. The van der Waals surface area contributed by atoms with E-state index in [9.17, 15) is 4.79 Å². The molecular formula is C27H31N3O. The van der Waals surface area contributed by atoms with Crippen LogP contribution in [0.15, 0.2) is 90.0 Å². The topological polar surface area (TPSA) is 44.7 Å². The van der Waals surface area contributed by atoms with Crippen LogP contribution in [0.1, 0.15) is 30.5 Å². The van der Waals surface area contributed by atoms with Gasteiger partial charge in [0.05, 0.1) is 6.21 Å². The second kappa shape index (κ2) is 11.7. The number of nitrogens with zero attached hydrogens (tertiary/aromatic N) is 2. The molecule has 1 N–H and O–H groups in total. The summed E-state index contributed by atoms with van der Waals surface area (Å²) in [5.41, 5.74) is 7.20. The van der Waals surface area contributed by atoms with Gasteiger partial charge in [-0.2, -0.15) is 5.10 Å². The van der Waals surface area contributed by atoms with Gasteiger partial charge in [0.1, 0.15) is 0 Å². The number of rotatable bonds is 10. The Hall–Kier alpha value is -3.40. The number of carbonyl (C=O) groups excluding carboxylic acids is 1. The molecule has 0 saturated carbocycles. The standard InChI is InChI=1S/C27H31N3O/c1-3-30(4-2)26-17-15-24(16-18-26)21-28-29-27(31)25(19-22-11-7-5-8-12-22)20-23-13-9-6-10-14-23/h5-18,21,25H,3-4,19-20H2,1-2H3,(H,29,31)/b28-21+. The molecule has 160 valence electrons. The zero-order chi connectivity index (χ0) is 21.9. The number of hydrazone groups is 1. The highest BCUT2D eigenvalue weighted by molar-refractivity contribution is 5.84. The molecule has 0 heterocycles. The molecule has 0 bridgehead atoms. The van der Waals surface area contributed by atoms with Crippen LogP contribution in [0.25, 0.3) is 0 Å². The minimum Gasteiger partial charge on any atom is -0.372 e. The second-order valence-corrected chi connectivity index (χ2v) is 7.57. The van der Waals surface area contributed by atoms with Gasteiger partial charge in [0, 0.05) is 24.7 Å². The minimum absolute atomic E-state index is 0.0660. The molecule has 3 rings (SSSR count). The first kappa shape index (κ1) is 22.3. The van der Waals surface area contributed by atoms with Gasteiger partial charge in [0.2, 0.25) is 5.91 Å². The smallest absolute Gasteiger partial charge is 0.243 e. The van der Waals surface area contributed by atoms with Crippen LogP contribution in [0, 0.1) is 5.92 Å². The lowest BCUT2D eigenvalue weighted by molar-refractivity contribution is -0.124. The van der Waals surface area contributed by atoms with Gasteiger partial charge in [-0.3, -0.25) is 4.79 Å². The molecule has 0 saturated heterocycles. The molecule has 0 radical (unpaired) electrons. The molecule has 0 aliphatic carbocycles. The SMILES string of the molecule is CCN(CC)c1ccc(/C=N/NC(=O)C(Cc2ccccc2)Cc2ccccc2)cc1. The average molecular weight is 414 g/mol. The second-order valence-electron chi connectivity index (χ2n) is 7.57. The number of amides is 1. The average Bonchev–Trinajstić information content (AvgIpc) is 2.82. The van der Waals surface area contributed by atoms with Crippen molar-refractivity contribution in [2.75, 3.05) is 18.0 Å². The summed E-state index contributed by atoms with van der Waals surface area (Å²) in [5, 5.41) is 4.22. The Kier molecular flexibility index (Phi) is 8.41. The summed E-state index contributed by atoms with van der Waals surface area (Å²) in [6.07, 6.45) is 3.05. The Morgan fingerprint density at radius 2 is 1.35 bits per heavy atom. The summed E-state index contributed by atoms with van der Waals surface area (Å²) in [5.74, 6) is -0.254. The Morgan fingerprint density at radius 3 is 1.84 bits per heavy atom. The van der Waals surface area contributed by atoms with Gasteiger partial charge in [-0.25, -0.2) is 5.43 Å². The van der Waals surface area contributed by atoms with E-state index < -0.39 is 0 Å². The van der Waals surface area contributed by atoms with Gasteiger partial charge in [-0.1, -0.05) is 72.8 Å². The van der Waals surface area contributed by atoms with Crippen molar-refractivity contribution in [3.05, 3.63) is 102 Å². The number of nitrogens with one attached hydrogen (secondary N) is 1.